The summed E-state index contributed by atoms with van der Waals surface area (Å²) in [7, 11) is -3.57. The first-order chi connectivity index (χ1) is 17.3. The van der Waals surface area contributed by atoms with E-state index in [9.17, 15) is 22.4 Å². The molecule has 0 spiro atoms. The van der Waals surface area contributed by atoms with Crippen LogP contribution in [-0.2, 0) is 26.2 Å². The molecule has 0 aliphatic carbocycles. The lowest BCUT2D eigenvalue weighted by molar-refractivity contribution is -0.141. The molecule has 0 aliphatic rings. The smallest absolute Gasteiger partial charge is 0.242 e. The molecule has 7 nitrogen and oxygen atoms in total. The molecular formula is C28H40FN3O4S. The highest BCUT2D eigenvalue weighted by Crippen LogP contribution is 2.25. The van der Waals surface area contributed by atoms with E-state index in [1.807, 2.05) is 52.8 Å². The van der Waals surface area contributed by atoms with Gasteiger partial charge in [0.05, 0.1) is 11.9 Å². The number of nitrogens with one attached hydrogen (secondary N) is 1. The van der Waals surface area contributed by atoms with Gasteiger partial charge in [0.25, 0.3) is 0 Å². The van der Waals surface area contributed by atoms with Crippen LogP contribution in [0, 0.1) is 25.6 Å². The van der Waals surface area contributed by atoms with E-state index in [2.05, 4.69) is 5.32 Å². The lowest BCUT2D eigenvalue weighted by atomic mass is 10.1. The normalized spacial score (nSPS) is 12.3. The number of aryl methyl sites for hydroxylation is 2. The van der Waals surface area contributed by atoms with Gasteiger partial charge < -0.3 is 10.2 Å². The second-order valence-electron chi connectivity index (χ2n) is 9.94. The van der Waals surface area contributed by atoms with Crippen molar-refractivity contribution in [2.24, 2.45) is 5.92 Å². The number of hydrogen-bond acceptors (Lipinski definition) is 4. The third-order valence-electron chi connectivity index (χ3n) is 6.12. The molecule has 0 saturated heterocycles. The van der Waals surface area contributed by atoms with Crippen LogP contribution in [0.15, 0.2) is 42.5 Å². The first-order valence-corrected chi connectivity index (χ1v) is 14.5. The van der Waals surface area contributed by atoms with Crippen LogP contribution in [0.25, 0.3) is 0 Å². The van der Waals surface area contributed by atoms with Gasteiger partial charge in [0.15, 0.2) is 0 Å². The SMILES string of the molecule is CC[C@@H](C(=O)NCC(C)C)N(Cc1ccc(F)cc1)C(=O)CCCN(c1cc(C)ccc1C)S(C)(=O)=O. The Kier molecular flexibility index (Phi) is 11.1. The van der Waals surface area contributed by atoms with Gasteiger partial charge in [-0.15, -0.1) is 0 Å². The average Bonchev–Trinajstić information content (AvgIpc) is 2.82. The Morgan fingerprint density at radius 1 is 1.05 bits per heavy atom. The molecule has 0 unspecified atom stereocenters. The van der Waals surface area contributed by atoms with E-state index >= 15 is 0 Å². The molecule has 2 aromatic rings. The lowest BCUT2D eigenvalue weighted by Crippen LogP contribution is -2.49. The standard InChI is InChI=1S/C28H40FN3O4S/c1-7-25(28(34)30-18-20(2)3)31(19-23-12-14-24(29)15-13-23)27(33)9-8-16-32(37(6,35)36)26-17-21(4)10-11-22(26)5/h10-15,17,20,25H,7-9,16,18-19H2,1-6H3,(H,30,34)/t25-/m0/s1. The molecule has 2 aromatic carbocycles. The van der Waals surface area contributed by atoms with Crippen LogP contribution in [0.1, 0.15) is 56.7 Å². The quantitative estimate of drug-likeness (QED) is 0.409. The molecule has 1 N–H and O–H groups in total. The summed E-state index contributed by atoms with van der Waals surface area (Å²) in [6.45, 7) is 10.4. The first kappa shape index (κ1) is 30.3. The van der Waals surface area contributed by atoms with E-state index in [1.54, 1.807) is 12.1 Å². The Bertz CT molecular complexity index is 1170. The van der Waals surface area contributed by atoms with Gasteiger partial charge in [-0.2, -0.15) is 0 Å². The summed E-state index contributed by atoms with van der Waals surface area (Å²) < 4.78 is 40.0. The Labute approximate surface area is 221 Å². The molecule has 0 saturated carbocycles. The van der Waals surface area contributed by atoms with Gasteiger partial charge in [0.1, 0.15) is 11.9 Å². The van der Waals surface area contributed by atoms with Crippen molar-refractivity contribution >= 4 is 27.5 Å². The van der Waals surface area contributed by atoms with Crippen LogP contribution in [0.3, 0.4) is 0 Å². The van der Waals surface area contributed by atoms with Gasteiger partial charge in [0, 0.05) is 26.1 Å². The van der Waals surface area contributed by atoms with E-state index in [4.69, 9.17) is 0 Å². The minimum absolute atomic E-state index is 0.0615. The van der Waals surface area contributed by atoms with E-state index < -0.39 is 16.1 Å². The number of amides is 2. The molecule has 1 atom stereocenters. The maximum absolute atomic E-state index is 13.5. The van der Waals surface area contributed by atoms with Gasteiger partial charge in [-0.1, -0.05) is 45.0 Å². The molecular weight excluding hydrogens is 493 g/mol. The van der Waals surface area contributed by atoms with Crippen molar-refractivity contribution in [2.45, 2.75) is 66.5 Å². The van der Waals surface area contributed by atoms with E-state index in [-0.39, 0.29) is 49.5 Å². The molecule has 0 aliphatic heterocycles. The summed E-state index contributed by atoms with van der Waals surface area (Å²) >= 11 is 0. The average molecular weight is 534 g/mol. The first-order valence-electron chi connectivity index (χ1n) is 12.7. The van der Waals surface area contributed by atoms with Gasteiger partial charge in [-0.25, -0.2) is 12.8 Å². The summed E-state index contributed by atoms with van der Waals surface area (Å²) in [6.07, 6.45) is 1.91. The molecule has 37 heavy (non-hydrogen) atoms. The highest BCUT2D eigenvalue weighted by Gasteiger charge is 2.29. The number of hydrogen-bond donors (Lipinski definition) is 1. The van der Waals surface area contributed by atoms with Crippen LogP contribution in [0.4, 0.5) is 10.1 Å². The fourth-order valence-corrected chi connectivity index (χ4v) is 5.11. The highest BCUT2D eigenvalue weighted by atomic mass is 32.2. The van der Waals surface area contributed by atoms with Gasteiger partial charge in [-0.3, -0.25) is 13.9 Å². The maximum Gasteiger partial charge on any atom is 0.242 e. The summed E-state index contributed by atoms with van der Waals surface area (Å²) in [5.41, 5.74) is 3.07. The van der Waals surface area contributed by atoms with Crippen molar-refractivity contribution < 1.29 is 22.4 Å². The number of anilines is 1. The fraction of sp³-hybridized carbons (Fsp3) is 0.500. The van der Waals surface area contributed by atoms with E-state index in [0.717, 1.165) is 17.4 Å². The second-order valence-corrected chi connectivity index (χ2v) is 11.8. The van der Waals surface area contributed by atoms with Gasteiger partial charge in [-0.05, 0) is 67.5 Å². The van der Waals surface area contributed by atoms with Gasteiger partial charge >= 0.3 is 0 Å². The Morgan fingerprint density at radius 3 is 2.27 bits per heavy atom. The van der Waals surface area contributed by atoms with Crippen molar-refractivity contribution in [3.05, 3.63) is 65.0 Å². The lowest BCUT2D eigenvalue weighted by Gasteiger charge is -2.31. The zero-order chi connectivity index (χ0) is 27.8. The number of sulfonamides is 1. The minimum atomic E-state index is -3.57. The number of nitrogens with zero attached hydrogens (tertiary/aromatic N) is 2. The number of carbonyl (C=O) groups is 2. The fourth-order valence-electron chi connectivity index (χ4n) is 4.10. The van der Waals surface area contributed by atoms with Crippen molar-refractivity contribution in [1.82, 2.24) is 10.2 Å². The van der Waals surface area contributed by atoms with Crippen LogP contribution in [0.2, 0.25) is 0 Å². The summed E-state index contributed by atoms with van der Waals surface area (Å²) in [5.74, 6) is -0.615. The molecule has 204 valence electrons. The number of rotatable bonds is 13. The van der Waals surface area contributed by atoms with Crippen molar-refractivity contribution in [3.8, 4) is 0 Å². The predicted octanol–water partition coefficient (Wildman–Crippen LogP) is 4.57. The molecule has 0 fully saturated rings. The monoisotopic (exact) mass is 533 g/mol. The summed E-state index contributed by atoms with van der Waals surface area (Å²) in [4.78, 5) is 28.0. The third kappa shape index (κ3) is 9.14. The molecule has 0 radical (unpaired) electrons. The van der Waals surface area contributed by atoms with E-state index in [1.165, 1.54) is 21.3 Å². The topological polar surface area (TPSA) is 86.8 Å². The molecule has 2 rings (SSSR count). The largest absolute Gasteiger partial charge is 0.354 e. The third-order valence-corrected chi connectivity index (χ3v) is 7.30. The maximum atomic E-state index is 13.5. The number of carbonyl (C=O) groups excluding carboxylic acids is 2. The Balaban J connectivity index is 2.23. The van der Waals surface area contributed by atoms with Crippen LogP contribution >= 0.6 is 0 Å². The van der Waals surface area contributed by atoms with Crippen LogP contribution in [-0.4, -0.2) is 50.5 Å². The number of benzene rings is 2. The van der Waals surface area contributed by atoms with Crippen molar-refractivity contribution in [1.29, 1.82) is 0 Å². The zero-order valence-electron chi connectivity index (χ0n) is 22.8. The predicted molar refractivity (Wildman–Crippen MR) is 146 cm³/mol. The second kappa shape index (κ2) is 13.6. The Hall–Kier alpha value is -2.94. The van der Waals surface area contributed by atoms with Crippen molar-refractivity contribution in [2.75, 3.05) is 23.7 Å². The molecule has 0 aromatic heterocycles. The summed E-state index contributed by atoms with van der Waals surface area (Å²) in [5, 5.41) is 2.91. The Morgan fingerprint density at radius 2 is 1.70 bits per heavy atom. The van der Waals surface area contributed by atoms with Crippen LogP contribution in [0.5, 0.6) is 0 Å². The molecule has 9 heteroatoms. The van der Waals surface area contributed by atoms with E-state index in [0.29, 0.717) is 24.2 Å². The highest BCUT2D eigenvalue weighted by molar-refractivity contribution is 7.92. The number of halogens is 1. The molecule has 0 heterocycles. The summed E-state index contributed by atoms with van der Waals surface area (Å²) in [6, 6.07) is 10.8. The van der Waals surface area contributed by atoms with Crippen LogP contribution < -0.4 is 9.62 Å². The molecule has 2 amide bonds. The van der Waals surface area contributed by atoms with Crippen molar-refractivity contribution in [3.63, 3.8) is 0 Å². The minimum Gasteiger partial charge on any atom is -0.354 e. The molecule has 0 bridgehead atoms. The van der Waals surface area contributed by atoms with Gasteiger partial charge in [0.2, 0.25) is 21.8 Å². The zero-order valence-corrected chi connectivity index (χ0v) is 23.6.